The van der Waals surface area contributed by atoms with Gasteiger partial charge < -0.3 is 15.0 Å². The summed E-state index contributed by atoms with van der Waals surface area (Å²) in [5.41, 5.74) is 0.683. The van der Waals surface area contributed by atoms with Crippen LogP contribution in [0.4, 0.5) is 0 Å². The maximum Gasteiger partial charge on any atom is 0.221 e. The van der Waals surface area contributed by atoms with E-state index in [4.69, 9.17) is 0 Å². The largest absolute Gasteiger partial charge is 0.385 e. The Morgan fingerprint density at radius 3 is 2.52 bits per heavy atom. The second-order valence-corrected chi connectivity index (χ2v) is 7.35. The van der Waals surface area contributed by atoms with Gasteiger partial charge in [0.05, 0.1) is 10.6 Å². The predicted molar refractivity (Wildman–Crippen MR) is 86.5 cm³/mol. The summed E-state index contributed by atoms with van der Waals surface area (Å²) in [7, 11) is -1.67. The summed E-state index contributed by atoms with van der Waals surface area (Å²) >= 11 is 0. The normalized spacial score (nSPS) is 12.8. The van der Waals surface area contributed by atoms with E-state index in [2.05, 4.69) is 5.32 Å². The highest BCUT2D eigenvalue weighted by Crippen LogP contribution is 2.12. The zero-order valence-electron chi connectivity index (χ0n) is 12.8. The number of nitrogens with zero attached hydrogens (tertiary/aromatic N) is 1. The number of amides is 1. The van der Waals surface area contributed by atoms with Gasteiger partial charge >= 0.3 is 0 Å². The van der Waals surface area contributed by atoms with Gasteiger partial charge in [0, 0.05) is 31.9 Å². The third-order valence-electron chi connectivity index (χ3n) is 3.52. The standard InChI is InChI=1S/C16H20N2O4S/c1-18-10-5-8-14(18)15(19)12-17-16(20)9-11-23(21,22)13-6-3-2-4-7-13/h2-8,10,15,19H,9,11-12H2,1H3,(H,17,20). The summed E-state index contributed by atoms with van der Waals surface area (Å²) in [6.45, 7) is 0.0437. The molecule has 1 amide bonds. The van der Waals surface area contributed by atoms with Crippen molar-refractivity contribution in [3.05, 3.63) is 54.4 Å². The summed E-state index contributed by atoms with van der Waals surface area (Å²) in [6, 6.07) is 11.6. The van der Waals surface area contributed by atoms with Gasteiger partial charge in [-0.25, -0.2) is 8.42 Å². The fourth-order valence-electron chi connectivity index (χ4n) is 2.20. The second kappa shape index (κ2) is 7.43. The van der Waals surface area contributed by atoms with Gasteiger partial charge in [-0.05, 0) is 24.3 Å². The highest BCUT2D eigenvalue weighted by atomic mass is 32.2. The smallest absolute Gasteiger partial charge is 0.221 e. The lowest BCUT2D eigenvalue weighted by Crippen LogP contribution is -2.30. The number of hydrogen-bond acceptors (Lipinski definition) is 4. The Hall–Kier alpha value is -2.12. The van der Waals surface area contributed by atoms with Gasteiger partial charge in [-0.1, -0.05) is 18.2 Å². The van der Waals surface area contributed by atoms with Gasteiger partial charge in [0.15, 0.2) is 9.84 Å². The van der Waals surface area contributed by atoms with Crippen molar-refractivity contribution in [1.82, 2.24) is 9.88 Å². The van der Waals surface area contributed by atoms with Crippen LogP contribution in [0.5, 0.6) is 0 Å². The van der Waals surface area contributed by atoms with Crippen LogP contribution in [-0.4, -0.2) is 36.3 Å². The zero-order valence-corrected chi connectivity index (χ0v) is 13.7. The van der Waals surface area contributed by atoms with Crippen LogP contribution in [0.2, 0.25) is 0 Å². The molecule has 124 valence electrons. The van der Waals surface area contributed by atoms with Gasteiger partial charge in [-0.15, -0.1) is 0 Å². The van der Waals surface area contributed by atoms with E-state index in [0.29, 0.717) is 5.69 Å². The molecule has 2 aromatic rings. The van der Waals surface area contributed by atoms with E-state index < -0.39 is 21.8 Å². The molecule has 0 aliphatic rings. The average Bonchev–Trinajstić information content (AvgIpc) is 2.98. The molecule has 2 N–H and O–H groups in total. The number of aromatic nitrogens is 1. The van der Waals surface area contributed by atoms with E-state index in [9.17, 15) is 18.3 Å². The van der Waals surface area contributed by atoms with Crippen LogP contribution >= 0.6 is 0 Å². The molecule has 0 aliphatic carbocycles. The molecule has 23 heavy (non-hydrogen) atoms. The molecule has 6 nitrogen and oxygen atoms in total. The maximum atomic E-state index is 12.1. The van der Waals surface area contributed by atoms with Crippen molar-refractivity contribution >= 4 is 15.7 Å². The van der Waals surface area contributed by atoms with Crippen LogP contribution in [-0.2, 0) is 21.7 Å². The van der Waals surface area contributed by atoms with Crippen LogP contribution in [0.3, 0.4) is 0 Å². The fraction of sp³-hybridized carbons (Fsp3) is 0.312. The molecule has 0 radical (unpaired) electrons. The fourth-order valence-corrected chi connectivity index (χ4v) is 3.46. The highest BCUT2D eigenvalue weighted by molar-refractivity contribution is 7.91. The molecular weight excluding hydrogens is 316 g/mol. The first kappa shape index (κ1) is 17.2. The minimum atomic E-state index is -3.47. The van der Waals surface area contributed by atoms with Crippen molar-refractivity contribution in [1.29, 1.82) is 0 Å². The maximum absolute atomic E-state index is 12.1. The Morgan fingerprint density at radius 2 is 1.91 bits per heavy atom. The molecule has 7 heteroatoms. The highest BCUT2D eigenvalue weighted by Gasteiger charge is 2.17. The van der Waals surface area contributed by atoms with Gasteiger partial charge in [-0.3, -0.25) is 4.79 Å². The van der Waals surface area contributed by atoms with Crippen molar-refractivity contribution < 1.29 is 18.3 Å². The Bertz CT molecular complexity index is 753. The molecule has 0 saturated carbocycles. The van der Waals surface area contributed by atoms with Gasteiger partial charge in [-0.2, -0.15) is 0 Å². The van der Waals surface area contributed by atoms with Crippen molar-refractivity contribution in [2.45, 2.75) is 17.4 Å². The molecule has 1 unspecified atom stereocenters. The van der Waals surface area contributed by atoms with E-state index in [1.54, 1.807) is 48.1 Å². The lowest BCUT2D eigenvalue weighted by molar-refractivity contribution is -0.121. The van der Waals surface area contributed by atoms with Crippen LogP contribution in [0, 0.1) is 0 Å². The molecule has 1 atom stereocenters. The van der Waals surface area contributed by atoms with E-state index in [0.717, 1.165) is 0 Å². The number of benzene rings is 1. The molecule has 0 saturated heterocycles. The number of aliphatic hydroxyl groups is 1. The number of rotatable bonds is 7. The van der Waals surface area contributed by atoms with Crippen LogP contribution in [0.25, 0.3) is 0 Å². The van der Waals surface area contributed by atoms with Gasteiger partial charge in [0.1, 0.15) is 6.10 Å². The first-order valence-corrected chi connectivity index (χ1v) is 8.89. The van der Waals surface area contributed by atoms with Crippen LogP contribution < -0.4 is 5.32 Å². The quantitative estimate of drug-likeness (QED) is 0.791. The summed E-state index contributed by atoms with van der Waals surface area (Å²) in [4.78, 5) is 12.0. The third kappa shape index (κ3) is 4.67. The number of nitrogens with one attached hydrogen (secondary N) is 1. The van der Waals surface area contributed by atoms with Gasteiger partial charge in [0.2, 0.25) is 5.91 Å². The summed E-state index contributed by atoms with van der Waals surface area (Å²) in [5, 5.41) is 12.5. The number of carbonyl (C=O) groups is 1. The monoisotopic (exact) mass is 336 g/mol. The predicted octanol–water partition coefficient (Wildman–Crippen LogP) is 1.04. The second-order valence-electron chi connectivity index (χ2n) is 5.25. The molecule has 0 spiro atoms. The number of aryl methyl sites for hydroxylation is 1. The molecule has 1 aromatic heterocycles. The molecular formula is C16H20N2O4S. The first-order valence-electron chi connectivity index (χ1n) is 7.24. The topological polar surface area (TPSA) is 88.4 Å². The average molecular weight is 336 g/mol. The Kier molecular flexibility index (Phi) is 5.57. The molecule has 0 fully saturated rings. The van der Waals surface area contributed by atoms with E-state index in [1.807, 2.05) is 0 Å². The minimum Gasteiger partial charge on any atom is -0.385 e. The van der Waals surface area contributed by atoms with Crippen molar-refractivity contribution in [3.63, 3.8) is 0 Å². The Balaban J connectivity index is 1.83. The number of sulfone groups is 1. The van der Waals surface area contributed by atoms with Crippen LogP contribution in [0.15, 0.2) is 53.6 Å². The van der Waals surface area contributed by atoms with Crippen LogP contribution in [0.1, 0.15) is 18.2 Å². The number of hydrogen-bond donors (Lipinski definition) is 2. The third-order valence-corrected chi connectivity index (χ3v) is 5.25. The molecule has 2 rings (SSSR count). The molecule has 1 aromatic carbocycles. The lowest BCUT2D eigenvalue weighted by Gasteiger charge is -2.13. The Morgan fingerprint density at radius 1 is 1.22 bits per heavy atom. The van der Waals surface area contributed by atoms with Gasteiger partial charge in [0.25, 0.3) is 0 Å². The summed E-state index contributed by atoms with van der Waals surface area (Å²) in [6.07, 6.45) is 0.828. The van der Waals surface area contributed by atoms with E-state index >= 15 is 0 Å². The number of aliphatic hydroxyl groups excluding tert-OH is 1. The van der Waals surface area contributed by atoms with E-state index in [1.165, 1.54) is 12.1 Å². The first-order chi connectivity index (χ1) is 10.9. The molecule has 0 bridgehead atoms. The summed E-state index contributed by atoms with van der Waals surface area (Å²) in [5.74, 6) is -0.666. The minimum absolute atomic E-state index is 0.0437. The SMILES string of the molecule is Cn1cccc1C(O)CNC(=O)CCS(=O)(=O)c1ccccc1. The van der Waals surface area contributed by atoms with E-state index in [-0.39, 0.29) is 23.6 Å². The summed E-state index contributed by atoms with van der Waals surface area (Å²) < 4.78 is 25.9. The zero-order chi connectivity index (χ0) is 16.9. The van der Waals surface area contributed by atoms with Crippen molar-refractivity contribution in [3.8, 4) is 0 Å². The van der Waals surface area contributed by atoms with Crippen molar-refractivity contribution in [2.24, 2.45) is 7.05 Å². The number of carbonyl (C=O) groups excluding carboxylic acids is 1. The van der Waals surface area contributed by atoms with Crippen molar-refractivity contribution in [2.75, 3.05) is 12.3 Å². The molecule has 1 heterocycles. The molecule has 0 aliphatic heterocycles. The Labute approximate surface area is 135 Å². The lowest BCUT2D eigenvalue weighted by atomic mass is 10.2.